The molecule has 162 valence electrons. The third-order valence-electron chi connectivity index (χ3n) is 4.71. The van der Waals surface area contributed by atoms with E-state index in [1.165, 1.54) is 19.2 Å². The maximum atomic E-state index is 12.4. The minimum Gasteiger partial charge on any atom is -0.496 e. The lowest BCUT2D eigenvalue weighted by molar-refractivity contribution is -0.119. The van der Waals surface area contributed by atoms with Crippen LogP contribution in [0.4, 0.5) is 11.4 Å². The van der Waals surface area contributed by atoms with Crippen molar-refractivity contribution in [2.24, 2.45) is 0 Å². The quantitative estimate of drug-likeness (QED) is 0.443. The van der Waals surface area contributed by atoms with Crippen molar-refractivity contribution in [3.63, 3.8) is 0 Å². The number of hydrogen-bond donors (Lipinski definition) is 2. The van der Waals surface area contributed by atoms with Crippen molar-refractivity contribution in [3.8, 4) is 11.4 Å². The molecule has 0 aliphatic rings. The minimum absolute atomic E-state index is 0.0778. The molecule has 0 saturated carbocycles. The zero-order valence-corrected chi connectivity index (χ0v) is 18.4. The number of rotatable bonds is 6. The number of nitrogens with zero attached hydrogens (tertiary/aromatic N) is 2. The molecule has 2 aromatic carbocycles. The number of ether oxygens (including phenoxy) is 2. The predicted molar refractivity (Wildman–Crippen MR) is 119 cm³/mol. The van der Waals surface area contributed by atoms with Gasteiger partial charge in [-0.3, -0.25) is 4.79 Å². The molecular formula is C22H23ClN4O4. The second kappa shape index (κ2) is 9.09. The highest BCUT2D eigenvalue weighted by Gasteiger charge is 2.19. The van der Waals surface area contributed by atoms with Crippen LogP contribution in [-0.4, -0.2) is 35.4 Å². The summed E-state index contributed by atoms with van der Waals surface area (Å²) in [4.78, 5) is 24.8. The highest BCUT2D eigenvalue weighted by molar-refractivity contribution is 6.33. The number of esters is 1. The smallest absolute Gasteiger partial charge is 0.342 e. The van der Waals surface area contributed by atoms with Crippen molar-refractivity contribution < 1.29 is 19.1 Å². The summed E-state index contributed by atoms with van der Waals surface area (Å²) in [6.45, 7) is 5.16. The molecule has 1 amide bonds. The molecule has 0 spiro atoms. The Balaban J connectivity index is 1.70. The minimum atomic E-state index is -0.752. The second-order valence-electron chi connectivity index (χ2n) is 6.99. The van der Waals surface area contributed by atoms with Gasteiger partial charge in [0.05, 0.1) is 40.6 Å². The van der Waals surface area contributed by atoms with Crippen LogP contribution < -0.4 is 15.8 Å². The number of carbonyl (C=O) groups excluding carboxylic acids is 2. The average Bonchev–Trinajstić information content (AvgIpc) is 3.02. The Morgan fingerprint density at radius 1 is 1.16 bits per heavy atom. The fourth-order valence-electron chi connectivity index (χ4n) is 3.04. The van der Waals surface area contributed by atoms with Gasteiger partial charge in [-0.1, -0.05) is 29.3 Å². The number of aromatic nitrogens is 2. The number of amides is 1. The van der Waals surface area contributed by atoms with Crippen LogP contribution in [0, 0.1) is 20.8 Å². The molecule has 1 heterocycles. The Labute approximate surface area is 184 Å². The monoisotopic (exact) mass is 442 g/mol. The average molecular weight is 443 g/mol. The Hall–Kier alpha value is -3.52. The molecule has 0 atom stereocenters. The molecule has 1 aromatic heterocycles. The van der Waals surface area contributed by atoms with Gasteiger partial charge in [0.1, 0.15) is 11.3 Å². The number of carbonyl (C=O) groups is 2. The molecule has 0 fully saturated rings. The lowest BCUT2D eigenvalue weighted by atomic mass is 10.2. The van der Waals surface area contributed by atoms with Crippen molar-refractivity contribution >= 4 is 34.9 Å². The van der Waals surface area contributed by atoms with Gasteiger partial charge in [-0.05, 0) is 39.0 Å². The number of hydrogen-bond acceptors (Lipinski definition) is 6. The molecule has 31 heavy (non-hydrogen) atoms. The first-order valence-corrected chi connectivity index (χ1v) is 9.82. The highest BCUT2D eigenvalue weighted by atomic mass is 35.5. The van der Waals surface area contributed by atoms with Crippen molar-refractivity contribution in [2.45, 2.75) is 20.8 Å². The van der Waals surface area contributed by atoms with E-state index in [1.54, 1.807) is 11.6 Å². The van der Waals surface area contributed by atoms with Crippen LogP contribution in [0.15, 0.2) is 36.4 Å². The Morgan fingerprint density at radius 3 is 2.48 bits per heavy atom. The topological polar surface area (TPSA) is 108 Å². The van der Waals surface area contributed by atoms with E-state index in [9.17, 15) is 9.59 Å². The van der Waals surface area contributed by atoms with Crippen LogP contribution in [0.1, 0.15) is 27.3 Å². The number of nitrogens with two attached hydrogens (primary N) is 1. The second-order valence-corrected chi connectivity index (χ2v) is 7.40. The third-order valence-corrected chi connectivity index (χ3v) is 5.03. The van der Waals surface area contributed by atoms with E-state index < -0.39 is 18.5 Å². The summed E-state index contributed by atoms with van der Waals surface area (Å²) in [6.07, 6.45) is 0. The summed E-state index contributed by atoms with van der Waals surface area (Å²) in [6, 6.07) is 10.6. The van der Waals surface area contributed by atoms with Gasteiger partial charge in [-0.25, -0.2) is 9.48 Å². The number of benzene rings is 2. The number of nitrogen functional groups attached to an aromatic ring is 1. The van der Waals surface area contributed by atoms with E-state index >= 15 is 0 Å². The number of methoxy groups -OCH3 is 1. The Morgan fingerprint density at radius 2 is 1.84 bits per heavy atom. The van der Waals surface area contributed by atoms with E-state index in [1.807, 2.05) is 38.1 Å². The van der Waals surface area contributed by atoms with E-state index in [0.717, 1.165) is 16.9 Å². The SMILES string of the molecule is COc1cc(N)c(Cl)cc1C(=O)OCC(=O)Nc1c(C)nn(-c2ccc(C)cc2)c1C. The molecule has 0 aliphatic carbocycles. The van der Waals surface area contributed by atoms with Crippen molar-refractivity contribution in [2.75, 3.05) is 24.8 Å². The zero-order chi connectivity index (χ0) is 22.7. The normalized spacial score (nSPS) is 10.6. The van der Waals surface area contributed by atoms with Gasteiger partial charge in [0.2, 0.25) is 0 Å². The molecule has 0 aliphatic heterocycles. The van der Waals surface area contributed by atoms with Crippen LogP contribution in [0.25, 0.3) is 5.69 Å². The van der Waals surface area contributed by atoms with Crippen LogP contribution >= 0.6 is 11.6 Å². The Bertz CT molecular complexity index is 1140. The van der Waals surface area contributed by atoms with Gasteiger partial charge < -0.3 is 20.5 Å². The first-order chi connectivity index (χ1) is 14.7. The Kier molecular flexibility index (Phi) is 6.50. The van der Waals surface area contributed by atoms with Gasteiger partial charge in [0.25, 0.3) is 5.91 Å². The fourth-order valence-corrected chi connectivity index (χ4v) is 3.21. The molecule has 3 N–H and O–H groups in total. The molecule has 0 saturated heterocycles. The van der Waals surface area contributed by atoms with Crippen LogP contribution in [0.3, 0.4) is 0 Å². The summed E-state index contributed by atoms with van der Waals surface area (Å²) in [5.74, 6) is -1.04. The van der Waals surface area contributed by atoms with Gasteiger partial charge in [0, 0.05) is 6.07 Å². The van der Waals surface area contributed by atoms with Crippen LogP contribution in [-0.2, 0) is 9.53 Å². The standard InChI is InChI=1S/C22H23ClN4O4/c1-12-5-7-15(8-6-12)27-14(3)21(13(2)26-27)25-20(28)11-31-22(29)16-9-17(23)18(24)10-19(16)30-4/h5-10H,11,24H2,1-4H3,(H,25,28). The molecular weight excluding hydrogens is 420 g/mol. The van der Waals surface area contributed by atoms with E-state index in [-0.39, 0.29) is 22.0 Å². The lowest BCUT2D eigenvalue weighted by Crippen LogP contribution is -2.22. The molecule has 3 rings (SSSR count). The number of aryl methyl sites for hydroxylation is 2. The molecule has 3 aromatic rings. The maximum Gasteiger partial charge on any atom is 0.342 e. The van der Waals surface area contributed by atoms with Gasteiger partial charge in [-0.15, -0.1) is 0 Å². The largest absolute Gasteiger partial charge is 0.496 e. The number of nitrogens with one attached hydrogen (secondary N) is 1. The summed E-state index contributed by atoms with van der Waals surface area (Å²) in [7, 11) is 1.39. The van der Waals surface area contributed by atoms with Crippen LogP contribution in [0.5, 0.6) is 5.75 Å². The molecule has 0 unspecified atom stereocenters. The molecule has 9 heteroatoms. The summed E-state index contributed by atoms with van der Waals surface area (Å²) < 4.78 is 12.0. The lowest BCUT2D eigenvalue weighted by Gasteiger charge is -2.11. The zero-order valence-electron chi connectivity index (χ0n) is 17.7. The molecule has 0 bridgehead atoms. The highest BCUT2D eigenvalue weighted by Crippen LogP contribution is 2.29. The first kappa shape index (κ1) is 22.2. The van der Waals surface area contributed by atoms with Gasteiger partial charge in [-0.2, -0.15) is 5.10 Å². The van der Waals surface area contributed by atoms with Crippen molar-refractivity contribution in [1.82, 2.24) is 9.78 Å². The van der Waals surface area contributed by atoms with E-state index in [4.69, 9.17) is 26.8 Å². The number of anilines is 2. The summed E-state index contributed by atoms with van der Waals surface area (Å²) in [5, 5.41) is 7.44. The van der Waals surface area contributed by atoms with Gasteiger partial charge >= 0.3 is 5.97 Å². The predicted octanol–water partition coefficient (Wildman–Crippen LogP) is 3.84. The molecule has 8 nitrogen and oxygen atoms in total. The van der Waals surface area contributed by atoms with E-state index in [0.29, 0.717) is 11.4 Å². The fraction of sp³-hybridized carbons (Fsp3) is 0.227. The maximum absolute atomic E-state index is 12.4. The summed E-state index contributed by atoms with van der Waals surface area (Å²) >= 11 is 5.98. The number of halogens is 1. The van der Waals surface area contributed by atoms with E-state index in [2.05, 4.69) is 10.4 Å². The summed E-state index contributed by atoms with van der Waals surface area (Å²) in [5.41, 5.74) is 10.0. The van der Waals surface area contributed by atoms with Crippen LogP contribution in [0.2, 0.25) is 5.02 Å². The van der Waals surface area contributed by atoms with Gasteiger partial charge in [0.15, 0.2) is 6.61 Å². The molecule has 0 radical (unpaired) electrons. The third kappa shape index (κ3) is 4.80. The van der Waals surface area contributed by atoms with Crippen molar-refractivity contribution in [1.29, 1.82) is 0 Å². The van der Waals surface area contributed by atoms with Crippen molar-refractivity contribution in [3.05, 3.63) is 63.9 Å². The first-order valence-electron chi connectivity index (χ1n) is 9.44.